The first-order valence-electron chi connectivity index (χ1n) is 8.19. The first kappa shape index (κ1) is 16.6. The number of aromatic nitrogens is 2. The van der Waals surface area contributed by atoms with Crippen LogP contribution in [0, 0.1) is 6.92 Å². The molecule has 2 aromatic carbocycles. The Morgan fingerprint density at radius 2 is 1.81 bits per heavy atom. The lowest BCUT2D eigenvalue weighted by Crippen LogP contribution is -1.99. The first-order valence-corrected chi connectivity index (χ1v) is 8.19. The Bertz CT molecular complexity index is 1230. The monoisotopic (exact) mass is 361 g/mol. The fraction of sp³-hybridized carbons (Fsp3) is 0.0500. The van der Waals surface area contributed by atoms with Gasteiger partial charge in [0, 0.05) is 16.5 Å². The van der Waals surface area contributed by atoms with Gasteiger partial charge in [-0.2, -0.15) is 0 Å². The van der Waals surface area contributed by atoms with Crippen LogP contribution in [0.2, 0.25) is 0 Å². The number of aromatic carboxylic acids is 2. The van der Waals surface area contributed by atoms with E-state index in [9.17, 15) is 19.8 Å². The number of aryl methyl sites for hydroxylation is 1. The first-order chi connectivity index (χ1) is 12.9. The maximum absolute atomic E-state index is 11.4. The number of carboxylic acids is 2. The highest BCUT2D eigenvalue weighted by Crippen LogP contribution is 2.32. The summed E-state index contributed by atoms with van der Waals surface area (Å²) in [6.07, 6.45) is 0. The third-order valence-corrected chi connectivity index (χ3v) is 4.33. The van der Waals surface area contributed by atoms with E-state index in [0.29, 0.717) is 27.6 Å². The van der Waals surface area contributed by atoms with E-state index in [1.807, 2.05) is 31.2 Å². The molecule has 4 rings (SSSR count). The minimum atomic E-state index is -1.08. The molecular weight excluding hydrogens is 346 g/mol. The maximum Gasteiger partial charge on any atom is 0.352 e. The number of aromatic amines is 1. The molecule has 7 heteroatoms. The molecule has 0 aliphatic heterocycles. The Hall–Kier alpha value is -3.87. The molecule has 0 aliphatic rings. The molecule has 0 atom stereocenters. The molecule has 0 amide bonds. The summed E-state index contributed by atoms with van der Waals surface area (Å²) >= 11 is 0. The van der Waals surface area contributed by atoms with Crippen molar-refractivity contribution in [2.45, 2.75) is 6.92 Å². The van der Waals surface area contributed by atoms with E-state index < -0.39 is 11.9 Å². The number of benzene rings is 2. The molecule has 0 saturated heterocycles. The number of H-pyrrole nitrogens is 1. The highest BCUT2D eigenvalue weighted by molar-refractivity contribution is 6.12. The van der Waals surface area contributed by atoms with Crippen molar-refractivity contribution in [1.82, 2.24) is 9.97 Å². The highest BCUT2D eigenvalue weighted by atomic mass is 16.4. The van der Waals surface area contributed by atoms with E-state index in [1.54, 1.807) is 6.07 Å². The Morgan fingerprint density at radius 1 is 1.00 bits per heavy atom. The van der Waals surface area contributed by atoms with Gasteiger partial charge in [0.15, 0.2) is 0 Å². The number of rotatable bonds is 4. The van der Waals surface area contributed by atoms with Crippen LogP contribution >= 0.6 is 0 Å². The lowest BCUT2D eigenvalue weighted by molar-refractivity contribution is 0.0683. The van der Waals surface area contributed by atoms with Crippen LogP contribution in [0.3, 0.4) is 0 Å². The van der Waals surface area contributed by atoms with Crippen molar-refractivity contribution >= 4 is 45.2 Å². The second-order valence-corrected chi connectivity index (χ2v) is 6.27. The molecule has 134 valence electrons. The van der Waals surface area contributed by atoms with Gasteiger partial charge in [0.2, 0.25) is 0 Å². The molecule has 7 nitrogen and oxygen atoms in total. The molecule has 0 radical (unpaired) electrons. The Balaban J connectivity index is 1.98. The van der Waals surface area contributed by atoms with Crippen molar-refractivity contribution in [3.8, 4) is 0 Å². The van der Waals surface area contributed by atoms with E-state index in [0.717, 1.165) is 11.3 Å². The molecule has 0 unspecified atom stereocenters. The van der Waals surface area contributed by atoms with Crippen LogP contribution < -0.4 is 5.32 Å². The largest absolute Gasteiger partial charge is 0.478 e. The van der Waals surface area contributed by atoms with Gasteiger partial charge in [-0.25, -0.2) is 14.6 Å². The predicted octanol–water partition coefficient (Wildman–Crippen LogP) is 4.16. The van der Waals surface area contributed by atoms with Crippen LogP contribution in [-0.2, 0) is 0 Å². The van der Waals surface area contributed by atoms with Crippen LogP contribution in [0.1, 0.15) is 26.4 Å². The SMILES string of the molecule is Cc1cccc(Nc2nc3cc(C(=O)O)ccc3c3[nH]c(C(=O)O)cc23)c1. The lowest BCUT2D eigenvalue weighted by atomic mass is 10.1. The van der Waals surface area contributed by atoms with Crippen molar-refractivity contribution in [2.24, 2.45) is 0 Å². The molecule has 0 fully saturated rings. The average Bonchev–Trinajstić information content (AvgIpc) is 3.07. The second kappa shape index (κ2) is 6.14. The second-order valence-electron chi connectivity index (χ2n) is 6.27. The normalized spacial score (nSPS) is 11.0. The van der Waals surface area contributed by atoms with E-state index in [1.165, 1.54) is 18.2 Å². The molecular formula is C20H15N3O4. The number of hydrogen-bond donors (Lipinski definition) is 4. The van der Waals surface area contributed by atoms with Crippen molar-refractivity contribution in [3.63, 3.8) is 0 Å². The van der Waals surface area contributed by atoms with Crippen LogP contribution in [0.5, 0.6) is 0 Å². The van der Waals surface area contributed by atoms with E-state index in [4.69, 9.17) is 0 Å². The number of carbonyl (C=O) groups is 2. The topological polar surface area (TPSA) is 115 Å². The number of nitrogens with zero attached hydrogens (tertiary/aromatic N) is 1. The minimum absolute atomic E-state index is 0.0360. The highest BCUT2D eigenvalue weighted by Gasteiger charge is 2.16. The Morgan fingerprint density at radius 3 is 2.52 bits per heavy atom. The van der Waals surface area contributed by atoms with Gasteiger partial charge in [0.25, 0.3) is 0 Å². The summed E-state index contributed by atoms with van der Waals surface area (Å²) in [5.74, 6) is -1.68. The quantitative estimate of drug-likeness (QED) is 0.434. The van der Waals surface area contributed by atoms with Crippen LogP contribution in [0.15, 0.2) is 48.5 Å². The van der Waals surface area contributed by atoms with Crippen molar-refractivity contribution in [3.05, 3.63) is 65.4 Å². The summed E-state index contributed by atoms with van der Waals surface area (Å²) in [6, 6.07) is 13.8. The predicted molar refractivity (Wildman–Crippen MR) is 102 cm³/mol. The summed E-state index contributed by atoms with van der Waals surface area (Å²) in [6.45, 7) is 1.96. The number of pyridine rings is 1. The zero-order valence-corrected chi connectivity index (χ0v) is 14.3. The van der Waals surface area contributed by atoms with Gasteiger partial charge < -0.3 is 20.5 Å². The van der Waals surface area contributed by atoms with Crippen molar-refractivity contribution in [2.75, 3.05) is 5.32 Å². The van der Waals surface area contributed by atoms with Gasteiger partial charge in [-0.3, -0.25) is 0 Å². The molecule has 4 N–H and O–H groups in total. The van der Waals surface area contributed by atoms with Gasteiger partial charge in [-0.1, -0.05) is 12.1 Å². The number of hydrogen-bond acceptors (Lipinski definition) is 4. The lowest BCUT2D eigenvalue weighted by Gasteiger charge is -2.10. The summed E-state index contributed by atoms with van der Waals surface area (Å²) in [4.78, 5) is 30.2. The minimum Gasteiger partial charge on any atom is -0.478 e. The number of nitrogens with one attached hydrogen (secondary N) is 2. The van der Waals surface area contributed by atoms with Crippen molar-refractivity contribution < 1.29 is 19.8 Å². The summed E-state index contributed by atoms with van der Waals surface area (Å²) in [5.41, 5.74) is 3.05. The smallest absolute Gasteiger partial charge is 0.352 e. The fourth-order valence-electron chi connectivity index (χ4n) is 3.07. The third kappa shape index (κ3) is 2.95. The van der Waals surface area contributed by atoms with Gasteiger partial charge in [-0.15, -0.1) is 0 Å². The summed E-state index contributed by atoms with van der Waals surface area (Å²) in [7, 11) is 0. The zero-order valence-electron chi connectivity index (χ0n) is 14.3. The Labute approximate surface area is 153 Å². The van der Waals surface area contributed by atoms with Gasteiger partial charge in [-0.05, 0) is 48.9 Å². The van der Waals surface area contributed by atoms with Crippen LogP contribution in [-0.4, -0.2) is 32.1 Å². The molecule has 4 aromatic rings. The Kier molecular flexibility index (Phi) is 3.77. The standard InChI is InChI=1S/C20H15N3O4/c1-10-3-2-4-12(7-10)21-18-14-9-16(20(26)27)22-17(14)13-6-5-11(19(24)25)8-15(13)23-18/h2-9,22H,1H3,(H,21,23)(H,24,25)(H,26,27). The molecule has 0 saturated carbocycles. The van der Waals surface area contributed by atoms with Crippen molar-refractivity contribution in [1.29, 1.82) is 0 Å². The van der Waals surface area contributed by atoms with Crippen LogP contribution in [0.4, 0.5) is 11.5 Å². The van der Waals surface area contributed by atoms with Gasteiger partial charge in [0.1, 0.15) is 11.5 Å². The number of anilines is 2. The van der Waals surface area contributed by atoms with Crippen LogP contribution in [0.25, 0.3) is 21.8 Å². The summed E-state index contributed by atoms with van der Waals surface area (Å²) in [5, 5.41) is 23.1. The van der Waals surface area contributed by atoms with E-state index in [-0.39, 0.29) is 11.3 Å². The summed E-state index contributed by atoms with van der Waals surface area (Å²) < 4.78 is 0. The molecule has 2 heterocycles. The molecule has 27 heavy (non-hydrogen) atoms. The molecule has 0 bridgehead atoms. The van der Waals surface area contributed by atoms with E-state index in [2.05, 4.69) is 15.3 Å². The van der Waals surface area contributed by atoms with Gasteiger partial charge in [0.05, 0.1) is 16.6 Å². The molecule has 0 aliphatic carbocycles. The maximum atomic E-state index is 11.4. The molecule has 2 aromatic heterocycles. The van der Waals surface area contributed by atoms with E-state index >= 15 is 0 Å². The fourth-order valence-corrected chi connectivity index (χ4v) is 3.07. The molecule has 0 spiro atoms. The average molecular weight is 361 g/mol. The number of fused-ring (bicyclic) bond motifs is 3. The zero-order chi connectivity index (χ0) is 19.1. The number of carboxylic acid groups (broad SMARTS) is 2. The third-order valence-electron chi connectivity index (χ3n) is 4.33. The van der Waals surface area contributed by atoms with Gasteiger partial charge >= 0.3 is 11.9 Å².